The highest BCUT2D eigenvalue weighted by atomic mass is 19.3. The first kappa shape index (κ1) is 34.4. The van der Waals surface area contributed by atoms with Crippen molar-refractivity contribution in [1.29, 1.82) is 0 Å². The van der Waals surface area contributed by atoms with Crippen molar-refractivity contribution in [2.45, 2.75) is 83.8 Å². The van der Waals surface area contributed by atoms with Gasteiger partial charge in [-0.05, 0) is 35.8 Å². The van der Waals surface area contributed by atoms with Gasteiger partial charge in [0.05, 0.1) is 6.04 Å². The van der Waals surface area contributed by atoms with Gasteiger partial charge in [0, 0.05) is 13.1 Å². The highest BCUT2D eigenvalue weighted by Gasteiger charge is 2.51. The van der Waals surface area contributed by atoms with Gasteiger partial charge in [0.1, 0.15) is 24.8 Å². The van der Waals surface area contributed by atoms with Gasteiger partial charge >= 0.3 is 12.0 Å². The smallest absolute Gasteiger partial charge is 0.408 e. The van der Waals surface area contributed by atoms with Gasteiger partial charge in [-0.2, -0.15) is 8.78 Å². The number of rotatable bonds is 13. The molecule has 4 amide bonds. The number of nitrogens with zero attached hydrogens (tertiary/aromatic N) is 1. The molecule has 0 aromatic heterocycles. The number of halogens is 2. The fourth-order valence-corrected chi connectivity index (χ4v) is 5.01. The number of amides is 4. The summed E-state index contributed by atoms with van der Waals surface area (Å²) < 4.78 is 35.5. The van der Waals surface area contributed by atoms with Gasteiger partial charge in [-0.3, -0.25) is 14.4 Å². The number of hydrogen-bond donors (Lipinski definition) is 4. The van der Waals surface area contributed by atoms with Crippen molar-refractivity contribution >= 4 is 23.8 Å². The number of alkyl carbamates (subject to hydrolysis) is 1. The standard InChI is InChI=1S/C32H42F2N4O6/c1-20(2)25(27(39)32(33,34)30(42)35-18-22-12-7-5-8-13-22)36-28(40)24-16-11-17-38(24)29(41)26(21(3)4)37-31(43)44-19-23-14-9-6-10-15-23/h5-10,12-15,20-21,24-27,39H,11,16-19H2,1-4H3,(H,35,42)(H,36,40)(H,37,43)/t24?,25-,26-,27?/m0/s1. The lowest BCUT2D eigenvalue weighted by atomic mass is 9.93. The Labute approximate surface area is 256 Å². The fraction of sp³-hybridized carbons (Fsp3) is 0.500. The van der Waals surface area contributed by atoms with Crippen LogP contribution in [0.25, 0.3) is 0 Å². The second-order valence-electron chi connectivity index (χ2n) is 11.6. The molecule has 4 N–H and O–H groups in total. The number of carbonyl (C=O) groups is 4. The first-order valence-electron chi connectivity index (χ1n) is 14.8. The summed E-state index contributed by atoms with van der Waals surface area (Å²) in [5.74, 6) is -8.16. The summed E-state index contributed by atoms with van der Waals surface area (Å²) in [6.07, 6.45) is -2.59. The minimum absolute atomic E-state index is 0.00819. The number of carbonyl (C=O) groups excluding carboxylic acids is 4. The lowest BCUT2D eigenvalue weighted by Crippen LogP contribution is -2.61. The molecule has 0 spiro atoms. The quantitative estimate of drug-likeness (QED) is 0.273. The number of alkyl halides is 2. The predicted molar refractivity (Wildman–Crippen MR) is 159 cm³/mol. The Morgan fingerprint density at radius 3 is 2.09 bits per heavy atom. The van der Waals surface area contributed by atoms with Crippen LogP contribution >= 0.6 is 0 Å². The maximum atomic E-state index is 15.1. The van der Waals surface area contributed by atoms with E-state index in [1.807, 2.05) is 6.07 Å². The average Bonchev–Trinajstić information content (AvgIpc) is 3.50. The molecule has 3 rings (SSSR count). The van der Waals surface area contributed by atoms with E-state index in [9.17, 15) is 24.3 Å². The van der Waals surface area contributed by atoms with Gasteiger partial charge in [-0.25, -0.2) is 4.79 Å². The third-order valence-corrected chi connectivity index (χ3v) is 7.59. The Kier molecular flexibility index (Phi) is 12.2. The summed E-state index contributed by atoms with van der Waals surface area (Å²) in [5.41, 5.74) is 1.37. The number of benzene rings is 2. The largest absolute Gasteiger partial charge is 0.445 e. The average molecular weight is 617 g/mol. The van der Waals surface area contributed by atoms with Crippen molar-refractivity contribution in [3.8, 4) is 0 Å². The van der Waals surface area contributed by atoms with Crippen molar-refractivity contribution < 1.29 is 37.8 Å². The molecule has 0 bridgehead atoms. The van der Waals surface area contributed by atoms with Crippen molar-refractivity contribution in [2.24, 2.45) is 11.8 Å². The fourth-order valence-electron chi connectivity index (χ4n) is 5.01. The lowest BCUT2D eigenvalue weighted by molar-refractivity contribution is -0.169. The zero-order valence-corrected chi connectivity index (χ0v) is 25.5. The van der Waals surface area contributed by atoms with Crippen LogP contribution in [0.1, 0.15) is 51.7 Å². The Balaban J connectivity index is 1.65. The van der Waals surface area contributed by atoms with Crippen LogP contribution in [0.5, 0.6) is 0 Å². The Morgan fingerprint density at radius 1 is 0.932 bits per heavy atom. The zero-order valence-electron chi connectivity index (χ0n) is 25.5. The third kappa shape index (κ3) is 8.98. The van der Waals surface area contributed by atoms with E-state index in [4.69, 9.17) is 4.74 Å². The molecule has 1 heterocycles. The topological polar surface area (TPSA) is 137 Å². The van der Waals surface area contributed by atoms with Gasteiger partial charge in [0.2, 0.25) is 11.8 Å². The molecule has 240 valence electrons. The SMILES string of the molecule is CC(C)[C@H](NC(=O)C1CCCN1C(=O)[C@@H](NC(=O)OCc1ccccc1)C(C)C)C(O)C(F)(F)C(=O)NCc1ccccc1. The molecule has 0 saturated carbocycles. The monoisotopic (exact) mass is 616 g/mol. The Morgan fingerprint density at radius 2 is 1.52 bits per heavy atom. The van der Waals surface area contributed by atoms with Gasteiger partial charge in [0.25, 0.3) is 5.91 Å². The summed E-state index contributed by atoms with van der Waals surface area (Å²) in [6, 6.07) is 14.0. The number of aliphatic hydroxyl groups excluding tert-OH is 1. The molecule has 0 aliphatic carbocycles. The molecule has 2 aromatic carbocycles. The van der Waals surface area contributed by atoms with E-state index >= 15 is 8.78 Å². The maximum absolute atomic E-state index is 15.1. The minimum atomic E-state index is -4.21. The molecule has 0 radical (unpaired) electrons. The molecule has 2 unspecified atom stereocenters. The van der Waals surface area contributed by atoms with Crippen LogP contribution in [-0.2, 0) is 32.3 Å². The number of aliphatic hydroxyl groups is 1. The molecule has 2 aromatic rings. The molecule has 1 aliphatic rings. The summed E-state index contributed by atoms with van der Waals surface area (Å²) >= 11 is 0. The van der Waals surface area contributed by atoms with Gasteiger partial charge < -0.3 is 30.7 Å². The van der Waals surface area contributed by atoms with Crippen LogP contribution in [0.15, 0.2) is 60.7 Å². The van der Waals surface area contributed by atoms with E-state index in [0.717, 1.165) is 5.56 Å². The normalized spacial score (nSPS) is 17.1. The summed E-state index contributed by atoms with van der Waals surface area (Å²) in [4.78, 5) is 53.2. The first-order valence-corrected chi connectivity index (χ1v) is 14.8. The molecule has 44 heavy (non-hydrogen) atoms. The van der Waals surface area contributed by atoms with E-state index < -0.39 is 59.9 Å². The number of likely N-dealkylation sites (tertiary alicyclic amines) is 1. The van der Waals surface area contributed by atoms with E-state index in [-0.39, 0.29) is 32.0 Å². The van der Waals surface area contributed by atoms with Crippen molar-refractivity contribution in [2.75, 3.05) is 6.54 Å². The van der Waals surface area contributed by atoms with Crippen LogP contribution in [0.3, 0.4) is 0 Å². The van der Waals surface area contributed by atoms with Crippen molar-refractivity contribution in [3.63, 3.8) is 0 Å². The highest BCUT2D eigenvalue weighted by molar-refractivity contribution is 5.92. The van der Waals surface area contributed by atoms with Crippen LogP contribution < -0.4 is 16.0 Å². The number of ether oxygens (including phenoxy) is 1. The van der Waals surface area contributed by atoms with Gasteiger partial charge in [-0.15, -0.1) is 0 Å². The highest BCUT2D eigenvalue weighted by Crippen LogP contribution is 2.27. The van der Waals surface area contributed by atoms with E-state index in [1.54, 1.807) is 68.4 Å². The minimum Gasteiger partial charge on any atom is -0.445 e. The lowest BCUT2D eigenvalue weighted by Gasteiger charge is -2.34. The van der Waals surface area contributed by atoms with Crippen LogP contribution in [0, 0.1) is 11.8 Å². The van der Waals surface area contributed by atoms with E-state index in [0.29, 0.717) is 12.0 Å². The molecule has 12 heteroatoms. The van der Waals surface area contributed by atoms with Crippen LogP contribution in [0.2, 0.25) is 0 Å². The maximum Gasteiger partial charge on any atom is 0.408 e. The predicted octanol–water partition coefficient (Wildman–Crippen LogP) is 3.38. The summed E-state index contributed by atoms with van der Waals surface area (Å²) in [6.45, 7) is 6.60. The summed E-state index contributed by atoms with van der Waals surface area (Å²) in [7, 11) is 0. The second kappa shape index (κ2) is 15.6. The molecule has 1 aliphatic heterocycles. The Bertz CT molecular complexity index is 1260. The van der Waals surface area contributed by atoms with Crippen molar-refractivity contribution in [3.05, 3.63) is 71.8 Å². The van der Waals surface area contributed by atoms with Crippen molar-refractivity contribution in [1.82, 2.24) is 20.9 Å². The third-order valence-electron chi connectivity index (χ3n) is 7.59. The molecular weight excluding hydrogens is 574 g/mol. The van der Waals surface area contributed by atoms with E-state index in [1.165, 1.54) is 18.7 Å². The van der Waals surface area contributed by atoms with E-state index in [2.05, 4.69) is 16.0 Å². The first-order chi connectivity index (χ1) is 20.8. The molecule has 1 saturated heterocycles. The summed E-state index contributed by atoms with van der Waals surface area (Å²) in [5, 5.41) is 17.9. The Hall–Kier alpha value is -4.06. The molecule has 1 fully saturated rings. The zero-order chi connectivity index (χ0) is 32.4. The van der Waals surface area contributed by atoms with Crippen LogP contribution in [-0.4, -0.2) is 70.5 Å². The van der Waals surface area contributed by atoms with Gasteiger partial charge in [0.15, 0.2) is 0 Å². The second-order valence-corrected chi connectivity index (χ2v) is 11.6. The number of hydrogen-bond acceptors (Lipinski definition) is 6. The number of nitrogens with one attached hydrogen (secondary N) is 3. The van der Waals surface area contributed by atoms with Gasteiger partial charge in [-0.1, -0.05) is 88.4 Å². The molecular formula is C32H42F2N4O6. The molecule has 10 nitrogen and oxygen atoms in total. The molecule has 4 atom stereocenters. The van der Waals surface area contributed by atoms with Crippen LogP contribution in [0.4, 0.5) is 13.6 Å².